The molecule has 0 fully saturated rings. The van der Waals surface area contributed by atoms with Crippen molar-refractivity contribution in [2.75, 3.05) is 33.0 Å². The van der Waals surface area contributed by atoms with Gasteiger partial charge in [0.1, 0.15) is 6.10 Å². The van der Waals surface area contributed by atoms with Crippen molar-refractivity contribution in [1.29, 1.82) is 0 Å². The van der Waals surface area contributed by atoms with Crippen LogP contribution in [0.3, 0.4) is 0 Å². The van der Waals surface area contributed by atoms with E-state index in [0.29, 0.717) is 13.0 Å². The Morgan fingerprint density at radius 3 is 2.25 bits per heavy atom. The van der Waals surface area contributed by atoms with E-state index < -0.39 is 13.9 Å². The number of nitrogens with two attached hydrogens (primary N) is 1. The number of ether oxygens (including phenoxy) is 2. The van der Waals surface area contributed by atoms with Crippen molar-refractivity contribution in [3.05, 3.63) is 0 Å². The lowest BCUT2D eigenvalue weighted by atomic mass is 10.1. The Morgan fingerprint density at radius 2 is 1.57 bits per heavy atom. The van der Waals surface area contributed by atoms with Crippen LogP contribution in [0.15, 0.2) is 0 Å². The zero-order valence-corrected chi connectivity index (χ0v) is 18.5. The van der Waals surface area contributed by atoms with Gasteiger partial charge in [-0.2, -0.15) is 0 Å². The van der Waals surface area contributed by atoms with E-state index in [2.05, 4.69) is 18.4 Å². The van der Waals surface area contributed by atoms with Crippen LogP contribution in [0.25, 0.3) is 0 Å². The summed E-state index contributed by atoms with van der Waals surface area (Å²) in [5, 5.41) is 0. The third kappa shape index (κ3) is 17.6. The standard InChI is InChI=1S/C19H40NO7P/c1-3-5-7-8-9-11-14-24-16-18(27-19(21)12-10-6-4-2)17-26-28(22,23)25-15-13-20/h18H,3-17,20H2,1-2H3,(H,22,23). The molecule has 9 heteroatoms. The molecule has 0 bridgehead atoms. The maximum Gasteiger partial charge on any atom is 0.472 e. The molecule has 0 aromatic heterocycles. The van der Waals surface area contributed by atoms with E-state index in [4.69, 9.17) is 19.7 Å². The zero-order valence-electron chi connectivity index (χ0n) is 17.6. The van der Waals surface area contributed by atoms with Crippen LogP contribution in [0, 0.1) is 0 Å². The molecule has 0 aromatic rings. The Labute approximate surface area is 170 Å². The largest absolute Gasteiger partial charge is 0.472 e. The third-order valence-corrected chi connectivity index (χ3v) is 5.01. The van der Waals surface area contributed by atoms with Crippen LogP contribution in [0.2, 0.25) is 0 Å². The van der Waals surface area contributed by atoms with Crippen molar-refractivity contribution < 1.29 is 32.8 Å². The lowest BCUT2D eigenvalue weighted by Gasteiger charge is -2.20. The molecule has 28 heavy (non-hydrogen) atoms. The minimum absolute atomic E-state index is 0.0935. The third-order valence-electron chi connectivity index (χ3n) is 4.02. The van der Waals surface area contributed by atoms with Gasteiger partial charge in [-0.05, 0) is 12.8 Å². The van der Waals surface area contributed by atoms with E-state index in [1.54, 1.807) is 0 Å². The predicted molar refractivity (Wildman–Crippen MR) is 109 cm³/mol. The zero-order chi connectivity index (χ0) is 21.1. The van der Waals surface area contributed by atoms with E-state index in [1.807, 2.05) is 0 Å². The molecule has 0 spiro atoms. The van der Waals surface area contributed by atoms with Crippen molar-refractivity contribution in [3.63, 3.8) is 0 Å². The Hall–Kier alpha value is -0.500. The summed E-state index contributed by atoms with van der Waals surface area (Å²) >= 11 is 0. The van der Waals surface area contributed by atoms with E-state index in [-0.39, 0.29) is 32.3 Å². The molecular weight excluding hydrogens is 385 g/mol. The predicted octanol–water partition coefficient (Wildman–Crippen LogP) is 3.95. The molecule has 168 valence electrons. The van der Waals surface area contributed by atoms with Gasteiger partial charge in [0.05, 0.1) is 19.8 Å². The van der Waals surface area contributed by atoms with Crippen LogP contribution in [-0.4, -0.2) is 49.9 Å². The fraction of sp³-hybridized carbons (Fsp3) is 0.947. The van der Waals surface area contributed by atoms with Gasteiger partial charge < -0.3 is 20.1 Å². The highest BCUT2D eigenvalue weighted by Crippen LogP contribution is 2.43. The first-order valence-corrected chi connectivity index (χ1v) is 12.0. The van der Waals surface area contributed by atoms with Gasteiger partial charge in [0.25, 0.3) is 0 Å². The molecule has 8 nitrogen and oxygen atoms in total. The maximum atomic E-state index is 11.9. The second-order valence-electron chi connectivity index (χ2n) is 6.80. The first kappa shape index (κ1) is 27.5. The van der Waals surface area contributed by atoms with Crippen molar-refractivity contribution in [1.82, 2.24) is 0 Å². The van der Waals surface area contributed by atoms with Gasteiger partial charge in [-0.3, -0.25) is 13.8 Å². The van der Waals surface area contributed by atoms with Crippen LogP contribution in [0.1, 0.15) is 78.1 Å². The van der Waals surface area contributed by atoms with Gasteiger partial charge in [-0.1, -0.05) is 58.8 Å². The molecule has 0 aliphatic heterocycles. The second-order valence-corrected chi connectivity index (χ2v) is 8.25. The molecule has 0 heterocycles. The van der Waals surface area contributed by atoms with Gasteiger partial charge in [0.15, 0.2) is 0 Å². The van der Waals surface area contributed by atoms with Crippen LogP contribution >= 0.6 is 7.82 Å². The summed E-state index contributed by atoms with van der Waals surface area (Å²) in [6, 6.07) is 0. The first-order chi connectivity index (χ1) is 13.4. The molecule has 0 rings (SSSR count). The summed E-state index contributed by atoms with van der Waals surface area (Å²) < 4.78 is 32.3. The normalized spacial score (nSPS) is 14.6. The Kier molecular flexibility index (Phi) is 18.2. The lowest BCUT2D eigenvalue weighted by molar-refractivity contribution is -0.154. The SMILES string of the molecule is CCCCCCCCOCC(COP(=O)(O)OCCN)OC(=O)CCCCC. The van der Waals surface area contributed by atoms with Crippen molar-refractivity contribution >= 4 is 13.8 Å². The number of hydrogen-bond acceptors (Lipinski definition) is 7. The summed E-state index contributed by atoms with van der Waals surface area (Å²) in [6.45, 7) is 4.64. The van der Waals surface area contributed by atoms with Crippen LogP contribution in [0.5, 0.6) is 0 Å². The molecule has 0 aliphatic carbocycles. The van der Waals surface area contributed by atoms with E-state index in [1.165, 1.54) is 25.7 Å². The van der Waals surface area contributed by atoms with Crippen molar-refractivity contribution in [3.8, 4) is 0 Å². The number of esters is 1. The molecule has 3 N–H and O–H groups in total. The number of carbonyl (C=O) groups excluding carboxylic acids is 1. The fourth-order valence-corrected chi connectivity index (χ4v) is 3.23. The molecule has 0 amide bonds. The number of phosphoric acid groups is 1. The average Bonchev–Trinajstić information content (AvgIpc) is 2.66. The Bertz CT molecular complexity index is 423. The van der Waals surface area contributed by atoms with Crippen LogP contribution < -0.4 is 5.73 Å². The molecule has 2 atom stereocenters. The molecular formula is C19H40NO7P. The van der Waals surface area contributed by atoms with Crippen LogP contribution in [0.4, 0.5) is 0 Å². The smallest absolute Gasteiger partial charge is 0.457 e. The highest BCUT2D eigenvalue weighted by molar-refractivity contribution is 7.47. The highest BCUT2D eigenvalue weighted by atomic mass is 31.2. The molecule has 0 aliphatic rings. The summed E-state index contributed by atoms with van der Waals surface area (Å²) in [5.74, 6) is -0.360. The number of rotatable bonds is 20. The summed E-state index contributed by atoms with van der Waals surface area (Å²) in [5.41, 5.74) is 5.25. The monoisotopic (exact) mass is 425 g/mol. The van der Waals surface area contributed by atoms with Gasteiger partial charge in [-0.25, -0.2) is 4.57 Å². The summed E-state index contributed by atoms with van der Waals surface area (Å²) in [4.78, 5) is 21.5. The minimum Gasteiger partial charge on any atom is -0.457 e. The number of phosphoric ester groups is 1. The van der Waals surface area contributed by atoms with Gasteiger partial charge in [0.2, 0.25) is 0 Å². The quantitative estimate of drug-likeness (QED) is 0.171. The fourth-order valence-electron chi connectivity index (χ4n) is 2.46. The molecule has 0 saturated heterocycles. The highest BCUT2D eigenvalue weighted by Gasteiger charge is 2.25. The average molecular weight is 426 g/mol. The van der Waals surface area contributed by atoms with Crippen molar-refractivity contribution in [2.24, 2.45) is 5.73 Å². The molecule has 0 aromatic carbocycles. The number of hydrogen-bond donors (Lipinski definition) is 2. The molecule has 0 saturated carbocycles. The van der Waals surface area contributed by atoms with Gasteiger partial charge in [0, 0.05) is 19.6 Å². The van der Waals surface area contributed by atoms with Gasteiger partial charge in [-0.15, -0.1) is 0 Å². The molecule has 0 radical (unpaired) electrons. The molecule has 2 unspecified atom stereocenters. The number of carbonyl (C=O) groups is 1. The lowest BCUT2D eigenvalue weighted by Crippen LogP contribution is -2.28. The second kappa shape index (κ2) is 18.5. The topological polar surface area (TPSA) is 117 Å². The Balaban J connectivity index is 4.27. The first-order valence-electron chi connectivity index (χ1n) is 10.5. The summed E-state index contributed by atoms with van der Waals surface area (Å²) in [6.07, 6.45) is 9.16. The van der Waals surface area contributed by atoms with Gasteiger partial charge >= 0.3 is 13.8 Å². The van der Waals surface area contributed by atoms with Crippen LogP contribution in [-0.2, 0) is 27.9 Å². The minimum atomic E-state index is -4.22. The Morgan fingerprint density at radius 1 is 0.929 bits per heavy atom. The van der Waals surface area contributed by atoms with E-state index >= 15 is 0 Å². The number of unbranched alkanes of at least 4 members (excludes halogenated alkanes) is 7. The summed E-state index contributed by atoms with van der Waals surface area (Å²) in [7, 11) is -4.22. The van der Waals surface area contributed by atoms with E-state index in [9.17, 15) is 14.3 Å². The van der Waals surface area contributed by atoms with Crippen molar-refractivity contribution in [2.45, 2.75) is 84.2 Å². The maximum absolute atomic E-state index is 11.9. The van der Waals surface area contributed by atoms with E-state index in [0.717, 1.165) is 32.1 Å².